The third-order valence-electron chi connectivity index (χ3n) is 5.57. The Bertz CT molecular complexity index is 1100. The Hall–Kier alpha value is -2.18. The smallest absolute Gasteiger partial charge is 0.308 e. The molecule has 0 bridgehead atoms. The number of esters is 1. The molecule has 31 heavy (non-hydrogen) atoms. The Kier molecular flexibility index (Phi) is 6.11. The van der Waals surface area contributed by atoms with Gasteiger partial charge in [-0.15, -0.1) is 0 Å². The molecule has 0 unspecified atom stereocenters. The van der Waals surface area contributed by atoms with Crippen LogP contribution in [0.4, 0.5) is 5.69 Å². The molecule has 1 aromatic carbocycles. The monoisotopic (exact) mass is 474 g/mol. The van der Waals surface area contributed by atoms with Crippen LogP contribution in [-0.4, -0.2) is 66.1 Å². The van der Waals surface area contributed by atoms with E-state index in [1.54, 1.807) is 0 Å². The van der Waals surface area contributed by atoms with Crippen LogP contribution in [0.5, 0.6) is 5.75 Å². The zero-order valence-corrected chi connectivity index (χ0v) is 19.5. The van der Waals surface area contributed by atoms with E-state index in [0.717, 1.165) is 6.07 Å². The van der Waals surface area contributed by atoms with Crippen molar-refractivity contribution in [3.8, 4) is 5.75 Å². The topological polar surface area (TPSA) is 127 Å². The number of carbonyl (C=O) groups is 2. The molecule has 0 atom stereocenters. The first-order chi connectivity index (χ1) is 14.3. The Morgan fingerprint density at radius 2 is 1.77 bits per heavy atom. The molecule has 1 aromatic rings. The van der Waals surface area contributed by atoms with Gasteiger partial charge in [0.25, 0.3) is 0 Å². The molecule has 172 valence electrons. The molecule has 0 N–H and O–H groups in total. The number of amides is 1. The van der Waals surface area contributed by atoms with Crippen molar-refractivity contribution in [2.75, 3.05) is 37.4 Å². The molecule has 2 heterocycles. The summed E-state index contributed by atoms with van der Waals surface area (Å²) in [7, 11) is -5.42. The number of piperidine rings is 1. The van der Waals surface area contributed by atoms with E-state index in [0.29, 0.717) is 17.1 Å². The molecular formula is C19H26N2O8S2. The van der Waals surface area contributed by atoms with E-state index < -0.39 is 31.4 Å². The van der Waals surface area contributed by atoms with Crippen LogP contribution in [0.2, 0.25) is 0 Å². The number of sulfonamides is 2. The fourth-order valence-electron chi connectivity index (χ4n) is 3.89. The zero-order chi connectivity index (χ0) is 23.2. The second kappa shape index (κ2) is 8.06. The van der Waals surface area contributed by atoms with Gasteiger partial charge in [-0.2, -0.15) is 4.31 Å². The Labute approximate surface area is 182 Å². The van der Waals surface area contributed by atoms with Gasteiger partial charge in [0.05, 0.1) is 37.0 Å². The zero-order valence-electron chi connectivity index (χ0n) is 17.8. The van der Waals surface area contributed by atoms with Crippen LogP contribution < -0.4 is 9.04 Å². The minimum Gasteiger partial charge on any atom is -0.495 e. The average Bonchev–Trinajstić information content (AvgIpc) is 2.89. The Morgan fingerprint density at radius 3 is 2.26 bits per heavy atom. The maximum absolute atomic E-state index is 13.3. The van der Waals surface area contributed by atoms with Crippen LogP contribution in [0.1, 0.15) is 26.7 Å². The number of benzene rings is 1. The summed E-state index contributed by atoms with van der Waals surface area (Å²) in [6.07, 6.45) is 0.613. The van der Waals surface area contributed by atoms with Crippen molar-refractivity contribution in [2.24, 2.45) is 11.3 Å². The van der Waals surface area contributed by atoms with E-state index in [1.165, 1.54) is 44.5 Å². The highest BCUT2D eigenvalue weighted by Gasteiger charge is 2.50. The minimum absolute atomic E-state index is 0.0298. The third-order valence-corrected chi connectivity index (χ3v) is 9.51. The van der Waals surface area contributed by atoms with Gasteiger partial charge in [0.2, 0.25) is 26.0 Å². The number of carbonyl (C=O) groups excluding carboxylic acids is 2. The lowest BCUT2D eigenvalue weighted by Gasteiger charge is -2.30. The molecule has 0 aromatic heterocycles. The highest BCUT2D eigenvalue weighted by Crippen LogP contribution is 2.39. The van der Waals surface area contributed by atoms with Gasteiger partial charge in [0, 0.05) is 13.1 Å². The summed E-state index contributed by atoms with van der Waals surface area (Å²) < 4.78 is 63.7. The lowest BCUT2D eigenvalue weighted by molar-refractivity contribution is -0.146. The van der Waals surface area contributed by atoms with E-state index in [2.05, 4.69) is 0 Å². The summed E-state index contributed by atoms with van der Waals surface area (Å²) in [5.74, 6) is -1.72. The molecule has 0 saturated carbocycles. The van der Waals surface area contributed by atoms with E-state index in [4.69, 9.17) is 9.47 Å². The number of rotatable bonds is 5. The summed E-state index contributed by atoms with van der Waals surface area (Å²) in [6.45, 7) is 3.26. The molecule has 12 heteroatoms. The van der Waals surface area contributed by atoms with Crippen molar-refractivity contribution in [1.29, 1.82) is 0 Å². The van der Waals surface area contributed by atoms with Crippen LogP contribution in [-0.2, 0) is 34.4 Å². The molecule has 2 aliphatic rings. The first-order valence-corrected chi connectivity index (χ1v) is 12.7. The number of methoxy groups -OCH3 is 2. The predicted octanol–water partition coefficient (Wildman–Crippen LogP) is 0.971. The van der Waals surface area contributed by atoms with Gasteiger partial charge < -0.3 is 9.47 Å². The molecule has 2 saturated heterocycles. The van der Waals surface area contributed by atoms with Crippen LogP contribution in [0.15, 0.2) is 23.1 Å². The van der Waals surface area contributed by atoms with Gasteiger partial charge in [-0.05, 0) is 44.9 Å². The second-order valence-electron chi connectivity index (χ2n) is 8.25. The molecule has 2 aliphatic heterocycles. The molecular weight excluding hydrogens is 448 g/mol. The maximum atomic E-state index is 13.3. The summed E-state index contributed by atoms with van der Waals surface area (Å²) in [5.41, 5.74) is -1.17. The van der Waals surface area contributed by atoms with Crippen LogP contribution in [0.25, 0.3) is 0 Å². The summed E-state index contributed by atoms with van der Waals surface area (Å²) >= 11 is 0. The molecule has 0 spiro atoms. The first kappa shape index (κ1) is 23.5. The molecule has 0 aliphatic carbocycles. The summed E-state index contributed by atoms with van der Waals surface area (Å²) in [5, 5.41) is 0. The second-order valence-corrected chi connectivity index (χ2v) is 12.0. The third kappa shape index (κ3) is 4.15. The Morgan fingerprint density at radius 1 is 1.16 bits per heavy atom. The van der Waals surface area contributed by atoms with Crippen molar-refractivity contribution in [2.45, 2.75) is 31.6 Å². The van der Waals surface area contributed by atoms with E-state index >= 15 is 0 Å². The molecule has 0 radical (unpaired) electrons. The van der Waals surface area contributed by atoms with Crippen molar-refractivity contribution >= 4 is 37.6 Å². The highest BCUT2D eigenvalue weighted by atomic mass is 32.2. The van der Waals surface area contributed by atoms with Gasteiger partial charge >= 0.3 is 5.97 Å². The van der Waals surface area contributed by atoms with E-state index in [1.807, 2.05) is 0 Å². The Balaban J connectivity index is 1.98. The normalized spacial score (nSPS) is 21.8. The van der Waals surface area contributed by atoms with Gasteiger partial charge in [0.1, 0.15) is 10.6 Å². The van der Waals surface area contributed by atoms with Gasteiger partial charge in [-0.3, -0.25) is 9.59 Å². The fraction of sp³-hybridized carbons (Fsp3) is 0.579. The van der Waals surface area contributed by atoms with Crippen molar-refractivity contribution < 1.29 is 35.9 Å². The standard InChI is InChI=1S/C19H26N2O8S2/c1-19(2)12-30(24,25)21(18(19)23)14-5-6-15(28-3)16(11-14)31(26,27)20-9-7-13(8-10-20)17(22)29-4/h5-6,11,13H,7-10,12H2,1-4H3. The average molecular weight is 475 g/mol. The predicted molar refractivity (Wildman–Crippen MR) is 112 cm³/mol. The van der Waals surface area contributed by atoms with Crippen LogP contribution >= 0.6 is 0 Å². The number of hydrogen-bond donors (Lipinski definition) is 0. The van der Waals surface area contributed by atoms with Crippen molar-refractivity contribution in [3.05, 3.63) is 18.2 Å². The summed E-state index contributed by atoms with van der Waals surface area (Å²) in [6, 6.07) is 3.83. The number of anilines is 1. The maximum Gasteiger partial charge on any atom is 0.308 e. The number of ether oxygens (including phenoxy) is 2. The highest BCUT2D eigenvalue weighted by molar-refractivity contribution is 7.94. The molecule has 1 amide bonds. The molecule has 2 fully saturated rings. The minimum atomic E-state index is -4.07. The largest absolute Gasteiger partial charge is 0.495 e. The van der Waals surface area contributed by atoms with Gasteiger partial charge in [-0.25, -0.2) is 21.1 Å². The SMILES string of the molecule is COC(=O)C1CCN(S(=O)(=O)c2cc(N3C(=O)C(C)(C)CS3(=O)=O)ccc2OC)CC1. The lowest BCUT2D eigenvalue weighted by atomic mass is 9.95. The van der Waals surface area contributed by atoms with E-state index in [-0.39, 0.29) is 47.1 Å². The van der Waals surface area contributed by atoms with Gasteiger partial charge in [0.15, 0.2) is 0 Å². The van der Waals surface area contributed by atoms with Gasteiger partial charge in [-0.1, -0.05) is 0 Å². The molecule has 3 rings (SSSR count). The quantitative estimate of drug-likeness (QED) is 0.578. The first-order valence-electron chi connectivity index (χ1n) is 9.68. The van der Waals surface area contributed by atoms with Crippen molar-refractivity contribution in [1.82, 2.24) is 4.31 Å². The lowest BCUT2D eigenvalue weighted by Crippen LogP contribution is -2.40. The van der Waals surface area contributed by atoms with Crippen LogP contribution in [0.3, 0.4) is 0 Å². The molecule has 10 nitrogen and oxygen atoms in total. The van der Waals surface area contributed by atoms with Crippen LogP contribution in [0, 0.1) is 11.3 Å². The summed E-state index contributed by atoms with van der Waals surface area (Å²) in [4.78, 5) is 24.2. The van der Waals surface area contributed by atoms with Crippen molar-refractivity contribution in [3.63, 3.8) is 0 Å². The van der Waals surface area contributed by atoms with E-state index in [9.17, 15) is 26.4 Å². The number of nitrogens with zero attached hydrogens (tertiary/aromatic N) is 2. The fourth-order valence-corrected chi connectivity index (χ4v) is 7.64. The number of hydrogen-bond acceptors (Lipinski definition) is 8.